The van der Waals surface area contributed by atoms with Crippen LogP contribution in [0, 0.1) is 5.92 Å². The summed E-state index contributed by atoms with van der Waals surface area (Å²) in [5.74, 6) is -0.0459. The molecule has 2 saturated heterocycles. The summed E-state index contributed by atoms with van der Waals surface area (Å²) >= 11 is 0. The van der Waals surface area contributed by atoms with Gasteiger partial charge in [0.05, 0.1) is 17.5 Å². The zero-order chi connectivity index (χ0) is 24.7. The van der Waals surface area contributed by atoms with E-state index in [4.69, 9.17) is 0 Å². The maximum absolute atomic E-state index is 13.7. The minimum absolute atomic E-state index is 0.0275. The SMILES string of the molecule is CC(=O)N1CCN(C(=O)[C@@H]2Cc3cc(C(F)(F)F)ccc3N3CCN(c4ncccn4)C[C@@H]23)CC1. The molecule has 4 heterocycles. The third-order valence-corrected chi connectivity index (χ3v) is 7.23. The smallest absolute Gasteiger partial charge is 0.364 e. The Balaban J connectivity index is 1.45. The first-order chi connectivity index (χ1) is 16.7. The zero-order valence-corrected chi connectivity index (χ0v) is 19.4. The fourth-order valence-electron chi connectivity index (χ4n) is 5.40. The van der Waals surface area contributed by atoms with E-state index in [0.717, 1.165) is 11.8 Å². The molecular weight excluding hydrogens is 461 g/mol. The molecule has 2 aromatic rings. The Kier molecular flexibility index (Phi) is 6.02. The summed E-state index contributed by atoms with van der Waals surface area (Å²) in [6.07, 6.45) is -0.880. The summed E-state index contributed by atoms with van der Waals surface area (Å²) < 4.78 is 40.3. The van der Waals surface area contributed by atoms with Gasteiger partial charge in [0.2, 0.25) is 17.8 Å². The molecule has 0 N–H and O–H groups in total. The summed E-state index contributed by atoms with van der Waals surface area (Å²) in [5, 5.41) is 0. The van der Waals surface area contributed by atoms with Gasteiger partial charge in [0.25, 0.3) is 0 Å². The van der Waals surface area contributed by atoms with Crippen molar-refractivity contribution in [1.82, 2.24) is 19.8 Å². The van der Waals surface area contributed by atoms with Crippen LogP contribution in [0.15, 0.2) is 36.7 Å². The van der Waals surface area contributed by atoms with Crippen LogP contribution < -0.4 is 9.80 Å². The summed E-state index contributed by atoms with van der Waals surface area (Å²) in [5.41, 5.74) is 0.593. The highest BCUT2D eigenvalue weighted by atomic mass is 19.4. The molecule has 8 nitrogen and oxygen atoms in total. The lowest BCUT2D eigenvalue weighted by molar-refractivity contribution is -0.142. The number of nitrogens with zero attached hydrogens (tertiary/aromatic N) is 6. The molecule has 0 radical (unpaired) electrons. The van der Waals surface area contributed by atoms with Crippen molar-refractivity contribution in [3.63, 3.8) is 0 Å². The summed E-state index contributed by atoms with van der Waals surface area (Å²) in [6.45, 7) is 4.90. The molecule has 35 heavy (non-hydrogen) atoms. The van der Waals surface area contributed by atoms with Crippen LogP contribution in [-0.4, -0.2) is 83.4 Å². The number of rotatable bonds is 2. The number of alkyl halides is 3. The van der Waals surface area contributed by atoms with E-state index >= 15 is 0 Å². The highest BCUT2D eigenvalue weighted by molar-refractivity contribution is 5.83. The van der Waals surface area contributed by atoms with Crippen molar-refractivity contribution < 1.29 is 22.8 Å². The number of benzene rings is 1. The van der Waals surface area contributed by atoms with Crippen molar-refractivity contribution in [1.29, 1.82) is 0 Å². The number of hydrogen-bond donors (Lipinski definition) is 0. The molecule has 0 unspecified atom stereocenters. The normalized spacial score (nSPS) is 22.5. The summed E-state index contributed by atoms with van der Waals surface area (Å²) in [6, 6.07) is 5.35. The number of carbonyl (C=O) groups is 2. The largest absolute Gasteiger partial charge is 0.416 e. The number of halogens is 3. The van der Waals surface area contributed by atoms with Crippen LogP contribution in [0.3, 0.4) is 0 Å². The molecule has 2 fully saturated rings. The molecule has 2 amide bonds. The Morgan fingerprint density at radius 3 is 2.31 bits per heavy atom. The van der Waals surface area contributed by atoms with Gasteiger partial charge in [-0.3, -0.25) is 9.59 Å². The lowest BCUT2D eigenvalue weighted by Gasteiger charge is -2.50. The van der Waals surface area contributed by atoms with Crippen LogP contribution in [0.4, 0.5) is 24.8 Å². The predicted octanol–water partition coefficient (Wildman–Crippen LogP) is 2.05. The predicted molar refractivity (Wildman–Crippen MR) is 123 cm³/mol. The third kappa shape index (κ3) is 4.51. The van der Waals surface area contributed by atoms with Gasteiger partial charge in [0.1, 0.15) is 0 Å². The second kappa shape index (κ2) is 9.01. The molecule has 0 saturated carbocycles. The minimum Gasteiger partial charge on any atom is -0.364 e. The van der Waals surface area contributed by atoms with Gasteiger partial charge in [-0.15, -0.1) is 0 Å². The van der Waals surface area contributed by atoms with Gasteiger partial charge in [-0.25, -0.2) is 9.97 Å². The van der Waals surface area contributed by atoms with Crippen molar-refractivity contribution in [2.45, 2.75) is 25.6 Å². The van der Waals surface area contributed by atoms with E-state index in [1.807, 2.05) is 4.90 Å². The first kappa shape index (κ1) is 23.4. The molecule has 1 aromatic heterocycles. The third-order valence-electron chi connectivity index (χ3n) is 7.23. The molecule has 186 valence electrons. The zero-order valence-electron chi connectivity index (χ0n) is 19.4. The summed E-state index contributed by atoms with van der Waals surface area (Å²) in [7, 11) is 0. The van der Waals surface area contributed by atoms with Crippen LogP contribution in [0.5, 0.6) is 0 Å². The van der Waals surface area contributed by atoms with E-state index in [9.17, 15) is 22.8 Å². The van der Waals surface area contributed by atoms with Crippen LogP contribution in [0.2, 0.25) is 0 Å². The maximum atomic E-state index is 13.7. The van der Waals surface area contributed by atoms with Crippen molar-refractivity contribution >= 4 is 23.5 Å². The van der Waals surface area contributed by atoms with Crippen molar-refractivity contribution in [2.75, 3.05) is 55.6 Å². The molecule has 0 bridgehead atoms. The average Bonchev–Trinajstić information content (AvgIpc) is 2.87. The van der Waals surface area contributed by atoms with E-state index in [1.54, 1.807) is 28.3 Å². The van der Waals surface area contributed by atoms with E-state index in [0.29, 0.717) is 57.3 Å². The van der Waals surface area contributed by atoms with Gasteiger partial charge in [-0.05, 0) is 36.2 Å². The first-order valence-corrected chi connectivity index (χ1v) is 11.8. The molecule has 0 spiro atoms. The Morgan fingerprint density at radius 1 is 0.971 bits per heavy atom. The average molecular weight is 489 g/mol. The fraction of sp³-hybridized carbons (Fsp3) is 0.500. The molecule has 3 aliphatic heterocycles. The highest BCUT2D eigenvalue weighted by Gasteiger charge is 2.44. The minimum atomic E-state index is -4.45. The first-order valence-electron chi connectivity index (χ1n) is 11.8. The van der Waals surface area contributed by atoms with Crippen molar-refractivity contribution in [3.05, 3.63) is 47.8 Å². The van der Waals surface area contributed by atoms with E-state index in [1.165, 1.54) is 19.1 Å². The van der Waals surface area contributed by atoms with Crippen LogP contribution in [0.25, 0.3) is 0 Å². The van der Waals surface area contributed by atoms with Gasteiger partial charge in [0, 0.05) is 70.8 Å². The molecule has 2 atom stereocenters. The molecule has 11 heteroatoms. The lowest BCUT2D eigenvalue weighted by Crippen LogP contribution is -2.62. The lowest BCUT2D eigenvalue weighted by atomic mass is 9.82. The number of carbonyl (C=O) groups excluding carboxylic acids is 2. The number of piperazine rings is 2. The Hall–Kier alpha value is -3.37. The van der Waals surface area contributed by atoms with Gasteiger partial charge >= 0.3 is 6.18 Å². The van der Waals surface area contributed by atoms with Gasteiger partial charge in [0.15, 0.2) is 0 Å². The van der Waals surface area contributed by atoms with E-state index < -0.39 is 17.7 Å². The van der Waals surface area contributed by atoms with E-state index in [2.05, 4.69) is 14.9 Å². The summed E-state index contributed by atoms with van der Waals surface area (Å²) in [4.78, 5) is 41.7. The Morgan fingerprint density at radius 2 is 1.66 bits per heavy atom. The quantitative estimate of drug-likeness (QED) is 0.645. The number of anilines is 2. The van der Waals surface area contributed by atoms with Crippen LogP contribution in [-0.2, 0) is 22.2 Å². The van der Waals surface area contributed by atoms with Crippen LogP contribution in [0.1, 0.15) is 18.1 Å². The molecule has 3 aliphatic rings. The number of amides is 2. The highest BCUT2D eigenvalue weighted by Crippen LogP contribution is 2.40. The van der Waals surface area contributed by atoms with Crippen LogP contribution >= 0.6 is 0 Å². The molecular formula is C24H27F3N6O2. The monoisotopic (exact) mass is 488 g/mol. The standard InChI is InChI=1S/C24H27F3N6O2/c1-16(34)30-7-9-31(10-8-30)22(35)19-14-17-13-18(24(25,26)27)3-4-20(17)33-12-11-32(15-21(19)33)23-28-5-2-6-29-23/h2-6,13,19,21H,7-12,14-15H2,1H3/t19-,21+/m1/s1. The van der Waals surface area contributed by atoms with E-state index in [-0.39, 0.29) is 24.3 Å². The topological polar surface area (TPSA) is 72.9 Å². The molecule has 1 aromatic carbocycles. The molecule has 5 rings (SSSR count). The second-order valence-corrected chi connectivity index (χ2v) is 9.24. The Labute approximate surface area is 201 Å². The number of aromatic nitrogens is 2. The Bertz CT molecular complexity index is 1100. The van der Waals surface area contributed by atoms with Gasteiger partial charge in [-0.1, -0.05) is 0 Å². The van der Waals surface area contributed by atoms with Crippen molar-refractivity contribution in [3.8, 4) is 0 Å². The maximum Gasteiger partial charge on any atom is 0.416 e. The molecule has 0 aliphatic carbocycles. The number of hydrogen-bond acceptors (Lipinski definition) is 6. The number of fused-ring (bicyclic) bond motifs is 3. The van der Waals surface area contributed by atoms with Crippen molar-refractivity contribution in [2.24, 2.45) is 5.92 Å². The van der Waals surface area contributed by atoms with Gasteiger partial charge < -0.3 is 19.6 Å². The second-order valence-electron chi connectivity index (χ2n) is 9.24. The van der Waals surface area contributed by atoms with Gasteiger partial charge in [-0.2, -0.15) is 13.2 Å². The fourth-order valence-corrected chi connectivity index (χ4v) is 5.40.